The van der Waals surface area contributed by atoms with Crippen molar-refractivity contribution < 1.29 is 0 Å². The Morgan fingerprint density at radius 3 is 1.64 bits per heavy atom. The van der Waals surface area contributed by atoms with Crippen molar-refractivity contribution in [3.63, 3.8) is 0 Å². The molecule has 2 aliphatic rings. The first-order valence-electron chi connectivity index (χ1n) is 5.42. The van der Waals surface area contributed by atoms with Crippen LogP contribution in [0.5, 0.6) is 0 Å². The number of hydrogen-bond acceptors (Lipinski definition) is 0. The molecule has 2 aliphatic carbocycles. The highest BCUT2D eigenvalue weighted by Crippen LogP contribution is 2.47. The lowest BCUT2D eigenvalue weighted by Gasteiger charge is -2.41. The second kappa shape index (κ2) is 3.30. The summed E-state index contributed by atoms with van der Waals surface area (Å²) in [5, 5.41) is 0. The highest BCUT2D eigenvalue weighted by atomic mass is 28.3. The first-order valence-corrected chi connectivity index (χ1v) is 7.56. The molecular weight excluding hydrogens is 148 g/mol. The maximum absolute atomic E-state index is 2.45. The summed E-state index contributed by atoms with van der Waals surface area (Å²) in [5.41, 5.74) is 2.57. The lowest BCUT2D eigenvalue weighted by molar-refractivity contribution is 0.442. The third-order valence-corrected chi connectivity index (χ3v) is 8.68. The van der Waals surface area contributed by atoms with Gasteiger partial charge in [-0.25, -0.2) is 0 Å². The minimum atomic E-state index is -0.228. The van der Waals surface area contributed by atoms with Crippen molar-refractivity contribution in [1.82, 2.24) is 0 Å². The van der Waals surface area contributed by atoms with Crippen molar-refractivity contribution in [2.45, 2.75) is 62.6 Å². The summed E-state index contributed by atoms with van der Waals surface area (Å²) < 4.78 is 0. The van der Waals surface area contributed by atoms with E-state index in [-0.39, 0.29) is 8.80 Å². The minimum absolute atomic E-state index is 0.228. The van der Waals surface area contributed by atoms with Gasteiger partial charge in [0.2, 0.25) is 0 Å². The standard InChI is InChI=1S/C10H20Si/c1-2-11(9-5-3-6-9)10-7-4-8-10/h9-11H,2-8H2,1H3. The maximum atomic E-state index is 2.45. The normalized spacial score (nSPS) is 26.7. The van der Waals surface area contributed by atoms with Crippen LogP contribution in [0, 0.1) is 0 Å². The SMILES string of the molecule is CC[SiH](C1CCC1)C1CCC1. The maximum Gasteiger partial charge on any atom is 0.0427 e. The molecule has 2 saturated carbocycles. The molecule has 0 spiro atoms. The molecule has 0 aromatic rings. The quantitative estimate of drug-likeness (QED) is 0.567. The third-order valence-electron chi connectivity index (χ3n) is 3.98. The van der Waals surface area contributed by atoms with Crippen LogP contribution in [0.2, 0.25) is 17.1 Å². The fraction of sp³-hybridized carbons (Fsp3) is 1.00. The van der Waals surface area contributed by atoms with Gasteiger partial charge in [-0.15, -0.1) is 0 Å². The zero-order chi connectivity index (χ0) is 7.68. The Kier molecular flexibility index (Phi) is 2.35. The van der Waals surface area contributed by atoms with Gasteiger partial charge in [0.05, 0.1) is 0 Å². The molecule has 11 heavy (non-hydrogen) atoms. The Hall–Kier alpha value is 0.217. The molecule has 1 heteroatoms. The Morgan fingerprint density at radius 1 is 1.00 bits per heavy atom. The van der Waals surface area contributed by atoms with Gasteiger partial charge in [0.25, 0.3) is 0 Å². The van der Waals surface area contributed by atoms with Gasteiger partial charge >= 0.3 is 0 Å². The smallest absolute Gasteiger partial charge is 0.0427 e. The largest absolute Gasteiger partial charge is 0.0680 e. The first-order chi connectivity index (χ1) is 5.42. The van der Waals surface area contributed by atoms with Crippen molar-refractivity contribution in [3.8, 4) is 0 Å². The van der Waals surface area contributed by atoms with E-state index in [1.54, 1.807) is 44.6 Å². The fourth-order valence-corrected chi connectivity index (χ4v) is 7.55. The summed E-state index contributed by atoms with van der Waals surface area (Å²) in [4.78, 5) is 0. The molecule has 0 nitrogen and oxygen atoms in total. The van der Waals surface area contributed by atoms with Crippen LogP contribution in [0.25, 0.3) is 0 Å². The van der Waals surface area contributed by atoms with Crippen LogP contribution in [0.15, 0.2) is 0 Å². The molecule has 0 aliphatic heterocycles. The lowest BCUT2D eigenvalue weighted by Crippen LogP contribution is -2.33. The minimum Gasteiger partial charge on any atom is -0.0680 e. The van der Waals surface area contributed by atoms with Crippen molar-refractivity contribution in [2.24, 2.45) is 0 Å². The number of hydrogen-bond donors (Lipinski definition) is 0. The molecule has 0 aromatic heterocycles. The molecule has 0 aromatic carbocycles. The van der Waals surface area contributed by atoms with E-state index < -0.39 is 0 Å². The van der Waals surface area contributed by atoms with Crippen LogP contribution < -0.4 is 0 Å². The predicted octanol–water partition coefficient (Wildman–Crippen LogP) is 3.34. The summed E-state index contributed by atoms with van der Waals surface area (Å²) >= 11 is 0. The third kappa shape index (κ3) is 1.40. The topological polar surface area (TPSA) is 0 Å². The van der Waals surface area contributed by atoms with Crippen LogP contribution in [0.4, 0.5) is 0 Å². The second-order valence-corrected chi connectivity index (χ2v) is 8.48. The van der Waals surface area contributed by atoms with E-state index in [1.807, 2.05) is 0 Å². The monoisotopic (exact) mass is 168 g/mol. The van der Waals surface area contributed by atoms with Crippen LogP contribution in [0.1, 0.15) is 45.4 Å². The zero-order valence-corrected chi connectivity index (χ0v) is 8.84. The first kappa shape index (κ1) is 7.84. The molecule has 0 atom stereocenters. The highest BCUT2D eigenvalue weighted by molar-refractivity contribution is 6.62. The Balaban J connectivity index is 1.83. The van der Waals surface area contributed by atoms with E-state index in [0.717, 1.165) is 0 Å². The van der Waals surface area contributed by atoms with Crippen LogP contribution in [-0.4, -0.2) is 8.80 Å². The van der Waals surface area contributed by atoms with E-state index in [4.69, 9.17) is 0 Å². The molecule has 2 rings (SSSR count). The summed E-state index contributed by atoms with van der Waals surface area (Å²) in [6.07, 6.45) is 9.56. The van der Waals surface area contributed by atoms with Gasteiger partial charge in [-0.2, -0.15) is 0 Å². The zero-order valence-electron chi connectivity index (χ0n) is 7.68. The van der Waals surface area contributed by atoms with Gasteiger partial charge in [0.1, 0.15) is 0 Å². The van der Waals surface area contributed by atoms with E-state index in [9.17, 15) is 0 Å². The van der Waals surface area contributed by atoms with E-state index in [2.05, 4.69) is 6.92 Å². The van der Waals surface area contributed by atoms with E-state index >= 15 is 0 Å². The van der Waals surface area contributed by atoms with Gasteiger partial charge in [0.15, 0.2) is 0 Å². The van der Waals surface area contributed by atoms with Crippen molar-refractivity contribution in [3.05, 3.63) is 0 Å². The van der Waals surface area contributed by atoms with Crippen LogP contribution in [-0.2, 0) is 0 Å². The van der Waals surface area contributed by atoms with Gasteiger partial charge in [-0.3, -0.25) is 0 Å². The van der Waals surface area contributed by atoms with Gasteiger partial charge in [0, 0.05) is 8.80 Å². The summed E-state index contributed by atoms with van der Waals surface area (Å²) in [7, 11) is -0.228. The van der Waals surface area contributed by atoms with E-state index in [0.29, 0.717) is 0 Å². The summed E-state index contributed by atoms with van der Waals surface area (Å²) in [5.74, 6) is 0. The average Bonchev–Trinajstić information content (AvgIpc) is 1.78. The lowest BCUT2D eigenvalue weighted by atomic mass is 9.98. The highest BCUT2D eigenvalue weighted by Gasteiger charge is 2.35. The molecule has 64 valence electrons. The molecule has 0 unspecified atom stereocenters. The molecule has 0 saturated heterocycles. The molecule has 0 amide bonds. The van der Waals surface area contributed by atoms with Gasteiger partial charge in [-0.1, -0.05) is 51.5 Å². The van der Waals surface area contributed by atoms with Gasteiger partial charge < -0.3 is 0 Å². The molecule has 0 bridgehead atoms. The van der Waals surface area contributed by atoms with E-state index in [1.165, 1.54) is 11.1 Å². The molecule has 0 heterocycles. The van der Waals surface area contributed by atoms with Crippen molar-refractivity contribution in [1.29, 1.82) is 0 Å². The van der Waals surface area contributed by atoms with Gasteiger partial charge in [-0.05, 0) is 11.1 Å². The van der Waals surface area contributed by atoms with Crippen molar-refractivity contribution >= 4 is 8.80 Å². The molecule has 2 fully saturated rings. The Labute approximate surface area is 72.0 Å². The molecular formula is C10H20Si. The average molecular weight is 168 g/mol. The number of rotatable bonds is 3. The Bertz CT molecular complexity index is 111. The Morgan fingerprint density at radius 2 is 1.45 bits per heavy atom. The molecule has 0 N–H and O–H groups in total. The summed E-state index contributed by atoms with van der Waals surface area (Å²) in [6.45, 7) is 2.45. The second-order valence-electron chi connectivity index (χ2n) is 4.45. The van der Waals surface area contributed by atoms with Crippen LogP contribution >= 0.6 is 0 Å². The molecule has 0 radical (unpaired) electrons. The fourth-order valence-electron chi connectivity index (χ4n) is 2.79. The summed E-state index contributed by atoms with van der Waals surface area (Å²) in [6, 6.07) is 1.59. The van der Waals surface area contributed by atoms with Crippen molar-refractivity contribution in [2.75, 3.05) is 0 Å². The van der Waals surface area contributed by atoms with Crippen LogP contribution in [0.3, 0.4) is 0 Å². The predicted molar refractivity (Wildman–Crippen MR) is 52.8 cm³/mol.